The number of carbonyl (C=O) groups excluding carboxylic acids is 3. The molecule has 54 heavy (non-hydrogen) atoms. The van der Waals surface area contributed by atoms with Gasteiger partial charge in [-0.2, -0.15) is 0 Å². The summed E-state index contributed by atoms with van der Waals surface area (Å²) in [6, 6.07) is 7.25. The fraction of sp³-hybridized carbons (Fsp3) is 0.683. The highest BCUT2D eigenvalue weighted by atomic mass is 79.9. The molecule has 2 aromatic heterocycles. The minimum atomic E-state index is -0.512. The van der Waals surface area contributed by atoms with Gasteiger partial charge in [0.2, 0.25) is 0 Å². The summed E-state index contributed by atoms with van der Waals surface area (Å²) in [6.07, 6.45) is 5.42. The standard InChI is InChI=1S/C19H26N2O5.C18H26N2O3.C4H9Br/c1-19(2,3)26-18(23)21-8-6-13(7-9-21)16(22)15-5-4-14(12-20-15)17-24-10-11-25-17;1-13(2)12-20-7-5-14(6-8-20)17(21)16-4-3-15(11-19-16)18-22-9-10-23-18;1-4(2)3-5/h4-5,12-13,17H,6-11H2,1-3H3;3-4,11,13-14,18H,5-10,12H2,1-2H3;4H,3H2,1-2H3. The number of hydrogen-bond acceptors (Lipinski definition) is 11. The average Bonchev–Trinajstić information content (AvgIpc) is 3.91. The molecule has 0 radical (unpaired) electrons. The van der Waals surface area contributed by atoms with E-state index in [0.29, 0.717) is 69.7 Å². The monoisotopic (exact) mass is 816 g/mol. The molecule has 0 N–H and O–H groups in total. The van der Waals surface area contributed by atoms with Gasteiger partial charge in [0.1, 0.15) is 17.0 Å². The number of pyridine rings is 2. The summed E-state index contributed by atoms with van der Waals surface area (Å²) >= 11 is 3.31. The lowest BCUT2D eigenvalue weighted by atomic mass is 9.90. The number of rotatable bonds is 9. The first-order valence-corrected chi connectivity index (χ1v) is 20.6. The number of aromatic nitrogens is 2. The summed E-state index contributed by atoms with van der Waals surface area (Å²) in [5, 5.41) is 1.12. The van der Waals surface area contributed by atoms with Gasteiger partial charge < -0.3 is 33.5 Å². The molecule has 4 saturated heterocycles. The maximum atomic E-state index is 12.7. The molecule has 1 amide bonds. The van der Waals surface area contributed by atoms with Crippen LogP contribution in [-0.4, -0.2) is 108 Å². The van der Waals surface area contributed by atoms with E-state index >= 15 is 0 Å². The van der Waals surface area contributed by atoms with Crippen molar-refractivity contribution >= 4 is 33.6 Å². The second-order valence-electron chi connectivity index (χ2n) is 16.1. The Balaban J connectivity index is 0.000000215. The molecule has 2 aromatic rings. The van der Waals surface area contributed by atoms with E-state index in [0.717, 1.165) is 54.9 Å². The van der Waals surface area contributed by atoms with Crippen molar-refractivity contribution in [1.82, 2.24) is 19.8 Å². The van der Waals surface area contributed by atoms with Gasteiger partial charge in [-0.1, -0.05) is 55.8 Å². The highest BCUT2D eigenvalue weighted by Crippen LogP contribution is 2.27. The molecule has 0 aliphatic carbocycles. The number of likely N-dealkylation sites (tertiary alicyclic amines) is 2. The summed E-state index contributed by atoms with van der Waals surface area (Å²) < 4.78 is 27.1. The van der Waals surface area contributed by atoms with Crippen LogP contribution in [-0.2, 0) is 23.7 Å². The lowest BCUT2D eigenvalue weighted by Crippen LogP contribution is -2.43. The van der Waals surface area contributed by atoms with Crippen LogP contribution in [0.15, 0.2) is 36.7 Å². The highest BCUT2D eigenvalue weighted by molar-refractivity contribution is 9.09. The van der Waals surface area contributed by atoms with Gasteiger partial charge in [0.15, 0.2) is 24.1 Å². The third-order valence-corrected chi connectivity index (χ3v) is 10.6. The Morgan fingerprint density at radius 1 is 0.722 bits per heavy atom. The molecular formula is C41H61BrN4O8. The fourth-order valence-corrected chi connectivity index (χ4v) is 6.45. The Morgan fingerprint density at radius 2 is 1.13 bits per heavy atom. The second kappa shape index (κ2) is 21.5. The van der Waals surface area contributed by atoms with Crippen LogP contribution in [0.1, 0.15) is 119 Å². The third-order valence-electron chi connectivity index (χ3n) is 9.27. The van der Waals surface area contributed by atoms with Crippen LogP contribution < -0.4 is 0 Å². The van der Waals surface area contributed by atoms with Gasteiger partial charge in [-0.15, -0.1) is 0 Å². The number of nitrogens with zero attached hydrogens (tertiary/aromatic N) is 4. The number of amides is 1. The minimum Gasteiger partial charge on any atom is -0.444 e. The van der Waals surface area contributed by atoms with E-state index in [1.807, 2.05) is 39.0 Å². The van der Waals surface area contributed by atoms with Crippen molar-refractivity contribution in [2.45, 2.75) is 92.3 Å². The lowest BCUT2D eigenvalue weighted by molar-refractivity contribution is -0.0445. The van der Waals surface area contributed by atoms with Gasteiger partial charge >= 0.3 is 6.09 Å². The maximum Gasteiger partial charge on any atom is 0.410 e. The van der Waals surface area contributed by atoms with E-state index in [2.05, 4.69) is 58.5 Å². The Morgan fingerprint density at radius 3 is 1.46 bits per heavy atom. The molecule has 6 rings (SSSR count). The van der Waals surface area contributed by atoms with Crippen LogP contribution in [0, 0.1) is 23.7 Å². The zero-order valence-corrected chi connectivity index (χ0v) is 34.8. The van der Waals surface area contributed by atoms with Crippen LogP contribution in [0.2, 0.25) is 0 Å². The number of alkyl halides is 1. The molecule has 0 aromatic carbocycles. The summed E-state index contributed by atoms with van der Waals surface area (Å²) in [7, 11) is 0. The summed E-state index contributed by atoms with van der Waals surface area (Å²) in [4.78, 5) is 50.2. The van der Waals surface area contributed by atoms with E-state index in [4.69, 9.17) is 23.7 Å². The first kappa shape index (κ1) is 43.9. The van der Waals surface area contributed by atoms with Crippen LogP contribution in [0.5, 0.6) is 0 Å². The molecule has 300 valence electrons. The van der Waals surface area contributed by atoms with Crippen molar-refractivity contribution in [3.8, 4) is 0 Å². The van der Waals surface area contributed by atoms with Gasteiger partial charge in [-0.05, 0) is 83.5 Å². The number of Topliss-reactive ketones (excluding diaryl/α,β-unsaturated/α-hetero) is 2. The van der Waals surface area contributed by atoms with Crippen molar-refractivity contribution in [3.63, 3.8) is 0 Å². The lowest BCUT2D eigenvalue weighted by Gasteiger charge is -2.32. The summed E-state index contributed by atoms with van der Waals surface area (Å²) in [6.45, 7) is 20.9. The molecule has 0 spiro atoms. The number of ether oxygens (including phenoxy) is 5. The van der Waals surface area contributed by atoms with Crippen molar-refractivity contribution < 1.29 is 38.1 Å². The minimum absolute atomic E-state index is 0.0219. The highest BCUT2D eigenvalue weighted by Gasteiger charge is 2.31. The molecular weight excluding hydrogens is 756 g/mol. The largest absolute Gasteiger partial charge is 0.444 e. The SMILES string of the molecule is CC(C)(C)OC(=O)N1CCC(C(=O)c2ccc(C3OCCO3)cn2)CC1.CC(C)CBr.CC(C)CN1CCC(C(=O)c2ccc(C3OCCO3)cn2)CC1. The van der Waals surface area contributed by atoms with Gasteiger partial charge in [-0.3, -0.25) is 19.6 Å². The molecule has 0 saturated carbocycles. The molecule has 4 fully saturated rings. The number of halogens is 1. The van der Waals surface area contributed by atoms with Crippen molar-refractivity contribution in [3.05, 3.63) is 59.2 Å². The Kier molecular flexibility index (Phi) is 17.5. The zero-order valence-electron chi connectivity index (χ0n) is 33.3. The van der Waals surface area contributed by atoms with E-state index in [1.165, 1.54) is 0 Å². The van der Waals surface area contributed by atoms with Gasteiger partial charge in [0.05, 0.1) is 26.4 Å². The van der Waals surface area contributed by atoms with Crippen LogP contribution >= 0.6 is 15.9 Å². The first-order chi connectivity index (χ1) is 25.7. The predicted molar refractivity (Wildman–Crippen MR) is 210 cm³/mol. The normalized spacial score (nSPS) is 19.3. The number of hydrogen-bond donors (Lipinski definition) is 0. The summed E-state index contributed by atoms with van der Waals surface area (Å²) in [5.74, 6) is 1.66. The molecule has 12 nitrogen and oxygen atoms in total. The Hall–Kier alpha value is -2.81. The van der Waals surface area contributed by atoms with Crippen LogP contribution in [0.4, 0.5) is 4.79 Å². The Bertz CT molecular complexity index is 1440. The van der Waals surface area contributed by atoms with E-state index in [-0.39, 0.29) is 42.1 Å². The Labute approximate surface area is 330 Å². The molecule has 4 aliphatic rings. The van der Waals surface area contributed by atoms with Crippen molar-refractivity contribution in [2.75, 3.05) is 64.5 Å². The molecule has 0 unspecified atom stereocenters. The van der Waals surface area contributed by atoms with Crippen molar-refractivity contribution in [1.29, 1.82) is 0 Å². The topological polar surface area (TPSA) is 130 Å². The maximum absolute atomic E-state index is 12.7. The molecule has 6 heterocycles. The third kappa shape index (κ3) is 14.0. The molecule has 4 aliphatic heterocycles. The fourth-order valence-electron chi connectivity index (χ4n) is 6.45. The van der Waals surface area contributed by atoms with Crippen molar-refractivity contribution in [2.24, 2.45) is 23.7 Å². The smallest absolute Gasteiger partial charge is 0.410 e. The summed E-state index contributed by atoms with van der Waals surface area (Å²) in [5.41, 5.74) is 2.20. The van der Waals surface area contributed by atoms with Crippen LogP contribution in [0.25, 0.3) is 0 Å². The molecule has 0 atom stereocenters. The second-order valence-corrected chi connectivity index (χ2v) is 16.7. The number of ketones is 2. The zero-order chi connectivity index (χ0) is 39.3. The van der Waals surface area contributed by atoms with E-state index in [9.17, 15) is 14.4 Å². The van der Waals surface area contributed by atoms with Crippen LogP contribution in [0.3, 0.4) is 0 Å². The first-order valence-electron chi connectivity index (χ1n) is 19.5. The van der Waals surface area contributed by atoms with Gasteiger partial charge in [0.25, 0.3) is 0 Å². The molecule has 13 heteroatoms. The quantitative estimate of drug-likeness (QED) is 0.183. The molecule has 0 bridgehead atoms. The van der Waals surface area contributed by atoms with E-state index < -0.39 is 5.60 Å². The number of carbonyl (C=O) groups is 3. The predicted octanol–water partition coefficient (Wildman–Crippen LogP) is 7.67. The van der Waals surface area contributed by atoms with E-state index in [1.54, 1.807) is 23.4 Å². The van der Waals surface area contributed by atoms with Gasteiger partial charge in [-0.25, -0.2) is 4.79 Å². The number of piperidine rings is 2. The average molecular weight is 818 g/mol. The van der Waals surface area contributed by atoms with Gasteiger partial charge in [0, 0.05) is 60.3 Å².